The lowest BCUT2D eigenvalue weighted by molar-refractivity contribution is -0.161. The second-order valence-electron chi connectivity index (χ2n) is 6.23. The number of ether oxygens (including phenoxy) is 2. The lowest BCUT2D eigenvalue weighted by Crippen LogP contribution is -2.57. The Morgan fingerprint density at radius 1 is 1.00 bits per heavy atom. The molecule has 24 heavy (non-hydrogen) atoms. The molecule has 0 aromatic heterocycles. The zero-order chi connectivity index (χ0) is 18.5. The van der Waals surface area contributed by atoms with Gasteiger partial charge >= 0.3 is 11.9 Å². The molecule has 7 heteroatoms. The molecule has 0 saturated heterocycles. The van der Waals surface area contributed by atoms with E-state index >= 15 is 0 Å². The third kappa shape index (κ3) is 3.55. The predicted molar refractivity (Wildman–Crippen MR) is 93.9 cm³/mol. The van der Waals surface area contributed by atoms with Crippen LogP contribution < -0.4 is 0 Å². The van der Waals surface area contributed by atoms with Crippen LogP contribution in [0.15, 0.2) is 12.3 Å². The molecule has 0 fully saturated rings. The van der Waals surface area contributed by atoms with E-state index in [9.17, 15) is 14.4 Å². The highest BCUT2D eigenvalue weighted by Crippen LogP contribution is 2.45. The average Bonchev–Trinajstić information content (AvgIpc) is 2.61. The molecule has 3 atom stereocenters. The molecule has 1 amide bonds. The minimum Gasteiger partial charge on any atom is -0.469 e. The Labute approximate surface area is 145 Å². The van der Waals surface area contributed by atoms with E-state index in [1.54, 1.807) is 6.20 Å². The van der Waals surface area contributed by atoms with Gasteiger partial charge < -0.3 is 14.4 Å². The molecule has 6 nitrogen and oxygen atoms in total. The monoisotopic (exact) mass is 355 g/mol. The molecule has 0 bridgehead atoms. The standard InChI is InChI=1S/C17H29NO5Si/c1-7-24(8-2,9-3)13-10-11-18(12(4)19)15(17(21)23-6)14(13)16(20)22-5/h10-11,13-15H,7-9H2,1-6H3/t13-,14-,15-/m0/s1. The van der Waals surface area contributed by atoms with Gasteiger partial charge in [-0.25, -0.2) is 4.79 Å². The summed E-state index contributed by atoms with van der Waals surface area (Å²) in [5.41, 5.74) is -0.0651. The molecule has 1 heterocycles. The van der Waals surface area contributed by atoms with Crippen LogP contribution in [0.1, 0.15) is 27.7 Å². The van der Waals surface area contributed by atoms with Gasteiger partial charge in [0.05, 0.1) is 28.2 Å². The first-order valence-electron chi connectivity index (χ1n) is 8.46. The van der Waals surface area contributed by atoms with Crippen molar-refractivity contribution in [2.24, 2.45) is 5.92 Å². The molecule has 0 N–H and O–H groups in total. The quantitative estimate of drug-likeness (QED) is 0.541. The van der Waals surface area contributed by atoms with E-state index in [1.807, 2.05) is 6.08 Å². The fourth-order valence-corrected chi connectivity index (χ4v) is 8.39. The molecule has 1 rings (SSSR count). The summed E-state index contributed by atoms with van der Waals surface area (Å²) in [7, 11) is 0.730. The van der Waals surface area contributed by atoms with Crippen molar-refractivity contribution in [3.8, 4) is 0 Å². The Morgan fingerprint density at radius 3 is 1.88 bits per heavy atom. The molecule has 0 aromatic carbocycles. The van der Waals surface area contributed by atoms with Crippen molar-refractivity contribution in [3.05, 3.63) is 12.3 Å². The fraction of sp³-hybridized carbons (Fsp3) is 0.706. The van der Waals surface area contributed by atoms with E-state index in [0.29, 0.717) is 0 Å². The Morgan fingerprint density at radius 2 is 1.50 bits per heavy atom. The summed E-state index contributed by atoms with van der Waals surface area (Å²) in [6.45, 7) is 7.81. The minimum absolute atomic E-state index is 0.0651. The van der Waals surface area contributed by atoms with Crippen LogP contribution in [-0.4, -0.2) is 51.1 Å². The first kappa shape index (κ1) is 20.4. The molecule has 0 aromatic rings. The number of hydrogen-bond donors (Lipinski definition) is 0. The summed E-state index contributed by atoms with van der Waals surface area (Å²) in [6.07, 6.45) is 3.59. The number of carbonyl (C=O) groups is 3. The Hall–Kier alpha value is -1.63. The number of hydrogen-bond acceptors (Lipinski definition) is 5. The molecular weight excluding hydrogens is 326 g/mol. The molecular formula is C17H29NO5Si. The summed E-state index contributed by atoms with van der Waals surface area (Å²) in [5.74, 6) is -2.06. The molecule has 0 unspecified atom stereocenters. The third-order valence-electron chi connectivity index (χ3n) is 5.58. The number of esters is 2. The van der Waals surface area contributed by atoms with Gasteiger partial charge in [0.2, 0.25) is 5.91 Å². The van der Waals surface area contributed by atoms with Crippen molar-refractivity contribution in [3.63, 3.8) is 0 Å². The van der Waals surface area contributed by atoms with Gasteiger partial charge in [0, 0.05) is 13.1 Å². The van der Waals surface area contributed by atoms with Gasteiger partial charge in [0.25, 0.3) is 0 Å². The second-order valence-corrected chi connectivity index (χ2v) is 11.7. The van der Waals surface area contributed by atoms with Crippen LogP contribution in [0.4, 0.5) is 0 Å². The smallest absolute Gasteiger partial charge is 0.329 e. The van der Waals surface area contributed by atoms with Gasteiger partial charge in [0.15, 0.2) is 0 Å². The normalized spacial score (nSPS) is 23.8. The van der Waals surface area contributed by atoms with E-state index < -0.39 is 32.0 Å². The van der Waals surface area contributed by atoms with E-state index in [2.05, 4.69) is 20.8 Å². The zero-order valence-electron chi connectivity index (χ0n) is 15.5. The van der Waals surface area contributed by atoms with Crippen LogP contribution in [-0.2, 0) is 23.9 Å². The van der Waals surface area contributed by atoms with E-state index in [4.69, 9.17) is 9.47 Å². The number of methoxy groups -OCH3 is 2. The van der Waals surface area contributed by atoms with Crippen molar-refractivity contribution >= 4 is 25.9 Å². The lowest BCUT2D eigenvalue weighted by atomic mass is 9.91. The number of amides is 1. The van der Waals surface area contributed by atoms with Crippen LogP contribution in [0.2, 0.25) is 23.7 Å². The van der Waals surface area contributed by atoms with Crippen LogP contribution in [0.25, 0.3) is 0 Å². The molecule has 136 valence electrons. The van der Waals surface area contributed by atoms with Gasteiger partial charge in [-0.05, 0) is 5.54 Å². The highest BCUT2D eigenvalue weighted by atomic mass is 28.3. The summed E-state index contributed by atoms with van der Waals surface area (Å²) in [5, 5.41) is 0. The van der Waals surface area contributed by atoms with Crippen molar-refractivity contribution in [2.75, 3.05) is 14.2 Å². The minimum atomic E-state index is -1.86. The summed E-state index contributed by atoms with van der Waals surface area (Å²) >= 11 is 0. The van der Waals surface area contributed by atoms with Gasteiger partial charge in [-0.15, -0.1) is 0 Å². The van der Waals surface area contributed by atoms with Crippen molar-refractivity contribution in [1.29, 1.82) is 0 Å². The van der Waals surface area contributed by atoms with Crippen LogP contribution >= 0.6 is 0 Å². The Kier molecular flexibility index (Phi) is 7.20. The lowest BCUT2D eigenvalue weighted by Gasteiger charge is -2.45. The second kappa shape index (κ2) is 8.46. The number of carbonyl (C=O) groups excluding carboxylic acids is 3. The highest BCUT2D eigenvalue weighted by Gasteiger charge is 2.52. The van der Waals surface area contributed by atoms with Crippen LogP contribution in [0.5, 0.6) is 0 Å². The summed E-state index contributed by atoms with van der Waals surface area (Å²) < 4.78 is 9.90. The van der Waals surface area contributed by atoms with E-state index in [-0.39, 0.29) is 11.4 Å². The van der Waals surface area contributed by atoms with Gasteiger partial charge in [-0.2, -0.15) is 0 Å². The molecule has 1 aliphatic heterocycles. The maximum Gasteiger partial charge on any atom is 0.329 e. The maximum absolute atomic E-state index is 12.6. The number of allylic oxidation sites excluding steroid dienone is 1. The largest absolute Gasteiger partial charge is 0.469 e. The highest BCUT2D eigenvalue weighted by molar-refractivity contribution is 6.81. The first-order valence-corrected chi connectivity index (χ1v) is 11.2. The fourth-order valence-electron chi connectivity index (χ4n) is 3.90. The molecule has 1 aliphatic rings. The molecule has 0 radical (unpaired) electrons. The van der Waals surface area contributed by atoms with Crippen LogP contribution in [0.3, 0.4) is 0 Å². The van der Waals surface area contributed by atoms with Gasteiger partial charge in [-0.1, -0.05) is 45.0 Å². The first-order chi connectivity index (χ1) is 11.3. The number of nitrogens with zero attached hydrogens (tertiary/aromatic N) is 1. The van der Waals surface area contributed by atoms with Crippen LogP contribution in [0, 0.1) is 5.92 Å². The van der Waals surface area contributed by atoms with E-state index in [1.165, 1.54) is 26.0 Å². The number of rotatable bonds is 6. The average molecular weight is 356 g/mol. The van der Waals surface area contributed by atoms with Crippen molar-refractivity contribution in [2.45, 2.75) is 57.4 Å². The van der Waals surface area contributed by atoms with Gasteiger partial charge in [0.1, 0.15) is 6.04 Å². The predicted octanol–water partition coefficient (Wildman–Crippen LogP) is 2.57. The maximum atomic E-state index is 12.6. The van der Waals surface area contributed by atoms with Crippen molar-refractivity contribution in [1.82, 2.24) is 4.90 Å². The van der Waals surface area contributed by atoms with E-state index in [0.717, 1.165) is 18.1 Å². The Bertz CT molecular complexity index is 507. The molecule has 0 spiro atoms. The molecule has 0 aliphatic carbocycles. The Balaban J connectivity index is 3.53. The summed E-state index contributed by atoms with van der Waals surface area (Å²) in [4.78, 5) is 38.3. The summed E-state index contributed by atoms with van der Waals surface area (Å²) in [6, 6.07) is 2.02. The third-order valence-corrected chi connectivity index (χ3v) is 11.8. The topological polar surface area (TPSA) is 72.9 Å². The van der Waals surface area contributed by atoms with Crippen molar-refractivity contribution < 1.29 is 23.9 Å². The SMILES string of the molecule is CC[Si](CC)(CC)[C@H]1C=CN(C(C)=O)[C@H](C(=O)OC)[C@H]1C(=O)OC. The molecule has 0 saturated carbocycles. The van der Waals surface area contributed by atoms with Gasteiger partial charge in [-0.3, -0.25) is 9.59 Å². The zero-order valence-corrected chi connectivity index (χ0v) is 16.5.